The molecule has 1 aliphatic heterocycles. The van der Waals surface area contributed by atoms with Crippen LogP contribution in [0.2, 0.25) is 0 Å². The van der Waals surface area contributed by atoms with Crippen LogP contribution in [0.5, 0.6) is 0 Å². The summed E-state index contributed by atoms with van der Waals surface area (Å²) in [7, 11) is -2.97. The fraction of sp³-hybridized carbons (Fsp3) is 0.455. The van der Waals surface area contributed by atoms with Gasteiger partial charge in [0, 0.05) is 19.3 Å². The molecule has 1 aliphatic rings. The molecule has 3 rings (SSSR count). The molecule has 0 saturated carbocycles. The van der Waals surface area contributed by atoms with Crippen LogP contribution >= 0.6 is 12.4 Å². The molecule has 0 amide bonds. The van der Waals surface area contributed by atoms with E-state index in [1.807, 2.05) is 49.4 Å². The van der Waals surface area contributed by atoms with Gasteiger partial charge in [-0.15, -0.1) is 12.4 Å². The zero-order chi connectivity index (χ0) is 20.0. The quantitative estimate of drug-likeness (QED) is 0.681. The number of ether oxygens (including phenoxy) is 2. The molecular formula is C22H30ClNO4S. The Morgan fingerprint density at radius 1 is 1.07 bits per heavy atom. The summed E-state index contributed by atoms with van der Waals surface area (Å²) in [5.41, 5.74) is 3.35. The number of benzene rings is 2. The van der Waals surface area contributed by atoms with Crippen LogP contribution in [-0.4, -0.2) is 46.3 Å². The molecule has 29 heavy (non-hydrogen) atoms. The lowest BCUT2D eigenvalue weighted by Crippen LogP contribution is -2.38. The first-order valence-electron chi connectivity index (χ1n) is 9.66. The van der Waals surface area contributed by atoms with Gasteiger partial charge in [0.25, 0.3) is 0 Å². The Kier molecular flexibility index (Phi) is 9.11. The molecule has 0 aromatic heterocycles. The van der Waals surface area contributed by atoms with Gasteiger partial charge in [-0.25, -0.2) is 8.42 Å². The number of halogens is 1. The minimum absolute atomic E-state index is 0. The lowest BCUT2D eigenvalue weighted by atomic mass is 10.0. The van der Waals surface area contributed by atoms with Crippen LogP contribution < -0.4 is 5.32 Å². The summed E-state index contributed by atoms with van der Waals surface area (Å²) in [5, 5.41) is 3.43. The summed E-state index contributed by atoms with van der Waals surface area (Å²) in [5.74, 6) is 0.173. The molecule has 1 heterocycles. The van der Waals surface area contributed by atoms with E-state index in [9.17, 15) is 8.42 Å². The van der Waals surface area contributed by atoms with Crippen molar-refractivity contribution in [3.63, 3.8) is 0 Å². The van der Waals surface area contributed by atoms with Gasteiger partial charge in [-0.1, -0.05) is 61.5 Å². The highest BCUT2D eigenvalue weighted by atomic mass is 35.5. The molecular weight excluding hydrogens is 410 g/mol. The van der Waals surface area contributed by atoms with Crippen LogP contribution in [-0.2, 0) is 25.9 Å². The smallest absolute Gasteiger partial charge is 0.148 e. The highest BCUT2D eigenvalue weighted by Gasteiger charge is 2.23. The maximum Gasteiger partial charge on any atom is 0.148 e. The highest BCUT2D eigenvalue weighted by Crippen LogP contribution is 2.23. The van der Waals surface area contributed by atoms with Gasteiger partial charge in [-0.05, 0) is 22.6 Å². The minimum atomic E-state index is -2.97. The Hall–Kier alpha value is -1.44. The molecule has 0 aliphatic carbocycles. The lowest BCUT2D eigenvalue weighted by Gasteiger charge is -2.30. The molecule has 2 unspecified atom stereocenters. The molecule has 3 atom stereocenters. The summed E-state index contributed by atoms with van der Waals surface area (Å²) >= 11 is 0. The van der Waals surface area contributed by atoms with Crippen molar-refractivity contribution in [3.8, 4) is 0 Å². The molecule has 0 bridgehead atoms. The van der Waals surface area contributed by atoms with E-state index in [4.69, 9.17) is 9.47 Å². The van der Waals surface area contributed by atoms with Crippen LogP contribution in [0.1, 0.15) is 35.6 Å². The Bertz CT molecular complexity index is 843. The van der Waals surface area contributed by atoms with Gasteiger partial charge in [0.15, 0.2) is 0 Å². The number of sulfone groups is 1. The normalized spacial score (nSPS) is 20.6. The average molecular weight is 440 g/mol. The number of rotatable bonds is 8. The molecule has 1 N–H and O–H groups in total. The molecule has 2 aromatic carbocycles. The van der Waals surface area contributed by atoms with Gasteiger partial charge in [0.05, 0.1) is 25.1 Å². The number of nitrogens with one attached hydrogen (secondary N) is 1. The molecule has 0 radical (unpaired) electrons. The number of hydrogen-bond donors (Lipinski definition) is 1. The van der Waals surface area contributed by atoms with E-state index in [0.29, 0.717) is 13.2 Å². The van der Waals surface area contributed by atoms with Gasteiger partial charge in [-0.2, -0.15) is 0 Å². The second-order valence-corrected chi connectivity index (χ2v) is 9.75. The molecule has 5 nitrogen and oxygen atoms in total. The molecule has 7 heteroatoms. The first-order valence-corrected chi connectivity index (χ1v) is 11.7. The van der Waals surface area contributed by atoms with Gasteiger partial charge in [-0.3, -0.25) is 0 Å². The first kappa shape index (κ1) is 23.8. The van der Waals surface area contributed by atoms with E-state index in [1.165, 1.54) is 6.26 Å². The Balaban J connectivity index is 0.00000300. The van der Waals surface area contributed by atoms with Gasteiger partial charge in [0.1, 0.15) is 15.9 Å². The van der Waals surface area contributed by atoms with E-state index >= 15 is 0 Å². The monoisotopic (exact) mass is 439 g/mol. The van der Waals surface area contributed by atoms with Crippen molar-refractivity contribution in [1.29, 1.82) is 0 Å². The average Bonchev–Trinajstić information content (AvgIpc) is 2.68. The van der Waals surface area contributed by atoms with Crippen LogP contribution in [0.3, 0.4) is 0 Å². The van der Waals surface area contributed by atoms with Crippen molar-refractivity contribution >= 4 is 22.2 Å². The van der Waals surface area contributed by atoms with Crippen LogP contribution in [0.25, 0.3) is 0 Å². The van der Waals surface area contributed by atoms with Crippen molar-refractivity contribution < 1.29 is 17.9 Å². The third-order valence-corrected chi connectivity index (χ3v) is 6.01. The highest BCUT2D eigenvalue weighted by molar-refractivity contribution is 7.90. The summed E-state index contributed by atoms with van der Waals surface area (Å²) in [6.45, 7) is 4.58. The Morgan fingerprint density at radius 3 is 2.41 bits per heavy atom. The summed E-state index contributed by atoms with van der Waals surface area (Å²) < 4.78 is 34.8. The fourth-order valence-corrected chi connectivity index (χ4v) is 4.56. The summed E-state index contributed by atoms with van der Waals surface area (Å²) in [6.07, 6.45) is 1.28. The second-order valence-electron chi connectivity index (χ2n) is 7.56. The van der Waals surface area contributed by atoms with Crippen molar-refractivity contribution in [2.45, 2.75) is 31.6 Å². The predicted octanol–water partition coefficient (Wildman–Crippen LogP) is 3.50. The third-order valence-electron chi connectivity index (χ3n) is 4.90. The van der Waals surface area contributed by atoms with Gasteiger partial charge >= 0.3 is 0 Å². The molecule has 1 saturated heterocycles. The van der Waals surface area contributed by atoms with Gasteiger partial charge < -0.3 is 14.8 Å². The Morgan fingerprint density at radius 2 is 1.76 bits per heavy atom. The van der Waals surface area contributed by atoms with Crippen molar-refractivity contribution in [2.24, 2.45) is 0 Å². The largest absolute Gasteiger partial charge is 0.376 e. The van der Waals surface area contributed by atoms with Crippen molar-refractivity contribution in [2.75, 3.05) is 31.8 Å². The van der Waals surface area contributed by atoms with Crippen LogP contribution in [0, 0.1) is 0 Å². The van der Waals surface area contributed by atoms with Gasteiger partial charge in [0.2, 0.25) is 0 Å². The maximum absolute atomic E-state index is 11.5. The SMILES string of the molecule is C[C@@H](CS(C)(=O)=O)c1ccc(CNCC2COCC(c3ccccc3)O2)cc1.Cl. The van der Waals surface area contributed by atoms with Crippen LogP contribution in [0.15, 0.2) is 54.6 Å². The van der Waals surface area contributed by atoms with E-state index in [2.05, 4.69) is 17.4 Å². The third kappa shape index (κ3) is 7.72. The van der Waals surface area contributed by atoms with E-state index < -0.39 is 9.84 Å². The second kappa shape index (κ2) is 11.1. The Labute approximate surface area is 180 Å². The zero-order valence-corrected chi connectivity index (χ0v) is 18.5. The zero-order valence-electron chi connectivity index (χ0n) is 16.9. The molecule has 1 fully saturated rings. The molecule has 2 aromatic rings. The summed E-state index contributed by atoms with van der Waals surface area (Å²) in [4.78, 5) is 0. The molecule has 0 spiro atoms. The van der Waals surface area contributed by atoms with Crippen molar-refractivity contribution in [1.82, 2.24) is 5.32 Å². The minimum Gasteiger partial charge on any atom is -0.376 e. The van der Waals surface area contributed by atoms with E-state index in [1.54, 1.807) is 0 Å². The van der Waals surface area contributed by atoms with E-state index in [-0.39, 0.29) is 36.3 Å². The maximum atomic E-state index is 11.5. The topological polar surface area (TPSA) is 64.6 Å². The van der Waals surface area contributed by atoms with Crippen molar-refractivity contribution in [3.05, 3.63) is 71.3 Å². The lowest BCUT2D eigenvalue weighted by molar-refractivity contribution is -0.138. The fourth-order valence-electron chi connectivity index (χ4n) is 3.46. The van der Waals surface area contributed by atoms with Crippen LogP contribution in [0.4, 0.5) is 0 Å². The standard InChI is InChI=1S/C22H29NO4S.ClH/c1-17(16-28(2,24)25)19-10-8-18(9-11-19)12-23-13-21-14-26-15-22(27-21)20-6-4-3-5-7-20;/h3-11,17,21-23H,12-16H2,1-2H3;1H/t17-,21?,22?;/m0./s1. The van der Waals surface area contributed by atoms with E-state index in [0.717, 1.165) is 29.8 Å². The number of hydrogen-bond acceptors (Lipinski definition) is 5. The first-order chi connectivity index (χ1) is 13.4. The summed E-state index contributed by atoms with van der Waals surface area (Å²) in [6, 6.07) is 18.3. The predicted molar refractivity (Wildman–Crippen MR) is 118 cm³/mol. The molecule has 160 valence electrons.